The number of hydrogen-bond donors (Lipinski definition) is 0. The summed E-state index contributed by atoms with van der Waals surface area (Å²) in [5.74, 6) is 2.39. The quantitative estimate of drug-likeness (QED) is 0.341. The summed E-state index contributed by atoms with van der Waals surface area (Å²) in [5.41, 5.74) is 4.91. The predicted octanol–water partition coefficient (Wildman–Crippen LogP) is 6.78. The Morgan fingerprint density at radius 3 is 0.821 bits per heavy atom. The molecule has 4 rings (SSSR count). The normalized spacial score (nSPS) is 10.3. The zero-order chi connectivity index (χ0) is 19.2. The third-order valence-electron chi connectivity index (χ3n) is 4.88. The second kappa shape index (κ2) is 8.80. The SMILES string of the molecule is [CH3][Al]([N](c1ccccc1)c1ccccc1)[N](c1ccccc1)c1ccccc1. The van der Waals surface area contributed by atoms with Gasteiger partial charge in [-0.3, -0.25) is 0 Å². The predicted molar refractivity (Wildman–Crippen MR) is 122 cm³/mol. The average Bonchev–Trinajstić information content (AvgIpc) is 2.77. The second-order valence-electron chi connectivity index (χ2n) is 6.71. The third-order valence-corrected chi connectivity index (χ3v) is 7.57. The first kappa shape index (κ1) is 18.4. The molecular formula is C25H23AlN2. The molecule has 3 heteroatoms. The van der Waals surface area contributed by atoms with Crippen molar-refractivity contribution in [2.24, 2.45) is 0 Å². The van der Waals surface area contributed by atoms with Crippen LogP contribution >= 0.6 is 0 Å². The van der Waals surface area contributed by atoms with E-state index < -0.39 is 14.6 Å². The fourth-order valence-corrected chi connectivity index (χ4v) is 6.28. The van der Waals surface area contributed by atoms with Crippen LogP contribution < -0.4 is 7.77 Å². The Morgan fingerprint density at radius 1 is 0.393 bits per heavy atom. The van der Waals surface area contributed by atoms with E-state index in [1.165, 1.54) is 22.7 Å². The number of para-hydroxylation sites is 4. The summed E-state index contributed by atoms with van der Waals surface area (Å²) in [6, 6.07) is 42.8. The fourth-order valence-electron chi connectivity index (χ4n) is 3.63. The van der Waals surface area contributed by atoms with Crippen molar-refractivity contribution in [2.75, 3.05) is 7.77 Å². The fraction of sp³-hybridized carbons (Fsp3) is 0.0400. The van der Waals surface area contributed by atoms with E-state index in [0.717, 1.165) is 0 Å². The highest BCUT2D eigenvalue weighted by Gasteiger charge is 2.33. The molecule has 0 spiro atoms. The Bertz CT molecular complexity index is 814. The minimum atomic E-state index is -1.67. The van der Waals surface area contributed by atoms with Crippen molar-refractivity contribution in [3.63, 3.8) is 0 Å². The van der Waals surface area contributed by atoms with Crippen LogP contribution in [0, 0.1) is 0 Å². The highest BCUT2D eigenvalue weighted by molar-refractivity contribution is 6.69. The summed E-state index contributed by atoms with van der Waals surface area (Å²) < 4.78 is 5.03. The Morgan fingerprint density at radius 2 is 0.607 bits per heavy atom. The summed E-state index contributed by atoms with van der Waals surface area (Å²) in [4.78, 5) is 0. The van der Waals surface area contributed by atoms with Crippen molar-refractivity contribution in [2.45, 2.75) is 5.79 Å². The molecule has 0 aliphatic carbocycles. The van der Waals surface area contributed by atoms with Gasteiger partial charge in [0.2, 0.25) is 0 Å². The molecule has 0 atom stereocenters. The van der Waals surface area contributed by atoms with E-state index >= 15 is 0 Å². The second-order valence-corrected chi connectivity index (χ2v) is 9.01. The van der Waals surface area contributed by atoms with Gasteiger partial charge in [-0.25, -0.2) is 0 Å². The molecule has 0 heterocycles. The lowest BCUT2D eigenvalue weighted by Crippen LogP contribution is -2.46. The van der Waals surface area contributed by atoms with Gasteiger partial charge in [-0.05, 0) is 48.5 Å². The van der Waals surface area contributed by atoms with E-state index in [4.69, 9.17) is 0 Å². The first-order valence-electron chi connectivity index (χ1n) is 9.63. The van der Waals surface area contributed by atoms with E-state index in [2.05, 4.69) is 135 Å². The lowest BCUT2D eigenvalue weighted by molar-refractivity contribution is 1.27. The monoisotopic (exact) mass is 378 g/mol. The number of nitrogens with zero attached hydrogens (tertiary/aromatic N) is 2. The van der Waals surface area contributed by atoms with Crippen molar-refractivity contribution in [1.29, 1.82) is 0 Å². The summed E-state index contributed by atoms with van der Waals surface area (Å²) in [5, 5.41) is 0. The van der Waals surface area contributed by atoms with Crippen LogP contribution in [0.5, 0.6) is 0 Å². The Kier molecular flexibility index (Phi) is 5.78. The average molecular weight is 378 g/mol. The van der Waals surface area contributed by atoms with Crippen molar-refractivity contribution in [3.8, 4) is 0 Å². The number of benzene rings is 4. The van der Waals surface area contributed by atoms with E-state index in [1.807, 2.05) is 0 Å². The Hall–Kier alpha value is -2.99. The van der Waals surface area contributed by atoms with Gasteiger partial charge in [-0.1, -0.05) is 78.6 Å². The van der Waals surface area contributed by atoms with E-state index in [0.29, 0.717) is 0 Å². The highest BCUT2D eigenvalue weighted by atomic mass is 27.2. The molecule has 0 aromatic heterocycles. The molecule has 0 aliphatic rings. The van der Waals surface area contributed by atoms with Gasteiger partial charge in [-0.15, -0.1) is 0 Å². The molecule has 4 aromatic carbocycles. The molecule has 0 saturated carbocycles. The van der Waals surface area contributed by atoms with Crippen LogP contribution in [-0.4, -0.2) is 14.6 Å². The van der Waals surface area contributed by atoms with Crippen molar-refractivity contribution >= 4 is 37.3 Å². The molecule has 0 aliphatic heterocycles. The van der Waals surface area contributed by atoms with Gasteiger partial charge in [0, 0.05) is 22.7 Å². The molecule has 0 saturated heterocycles. The van der Waals surface area contributed by atoms with Crippen LogP contribution in [0.4, 0.5) is 22.7 Å². The van der Waals surface area contributed by atoms with Gasteiger partial charge in [0.25, 0.3) is 0 Å². The van der Waals surface area contributed by atoms with Crippen LogP contribution in [0.1, 0.15) is 0 Å². The molecule has 136 valence electrons. The molecule has 2 nitrogen and oxygen atoms in total. The molecule has 4 aromatic rings. The van der Waals surface area contributed by atoms with Gasteiger partial charge >= 0.3 is 14.6 Å². The van der Waals surface area contributed by atoms with Crippen molar-refractivity contribution in [3.05, 3.63) is 121 Å². The lowest BCUT2D eigenvalue weighted by Gasteiger charge is -2.37. The molecular weight excluding hydrogens is 355 g/mol. The molecule has 0 amide bonds. The maximum Gasteiger partial charge on any atom is 0.580 e. The summed E-state index contributed by atoms with van der Waals surface area (Å²) >= 11 is -1.67. The molecule has 0 radical (unpaired) electrons. The smallest absolute Gasteiger partial charge is 0.415 e. The lowest BCUT2D eigenvalue weighted by atomic mass is 10.2. The zero-order valence-electron chi connectivity index (χ0n) is 16.0. The summed E-state index contributed by atoms with van der Waals surface area (Å²) in [7, 11) is 0. The molecule has 0 fully saturated rings. The Labute approximate surface area is 172 Å². The standard InChI is InChI=1S/2C12H10N.CH3.Al/c2*1-3-7-11(8-4-1)13-12-9-5-2-6-10-12;;/h2*1-10H;1H3;/q2*-1;;+2. The van der Waals surface area contributed by atoms with Crippen LogP contribution in [-0.2, 0) is 0 Å². The first-order valence-corrected chi connectivity index (χ1v) is 11.8. The topological polar surface area (TPSA) is 6.48 Å². The van der Waals surface area contributed by atoms with Crippen molar-refractivity contribution < 1.29 is 0 Å². The van der Waals surface area contributed by atoms with E-state index in [-0.39, 0.29) is 0 Å². The van der Waals surface area contributed by atoms with Crippen LogP contribution in [0.3, 0.4) is 0 Å². The molecule has 0 N–H and O–H groups in total. The third kappa shape index (κ3) is 3.97. The highest BCUT2D eigenvalue weighted by Crippen LogP contribution is 2.33. The van der Waals surface area contributed by atoms with Crippen LogP contribution in [0.15, 0.2) is 121 Å². The number of hydrogen-bond acceptors (Lipinski definition) is 2. The van der Waals surface area contributed by atoms with Gasteiger partial charge in [0.1, 0.15) is 0 Å². The maximum atomic E-state index is 2.51. The summed E-state index contributed by atoms with van der Waals surface area (Å²) in [6.45, 7) is 0. The zero-order valence-corrected chi connectivity index (χ0v) is 17.2. The van der Waals surface area contributed by atoms with Gasteiger partial charge in [0.05, 0.1) is 0 Å². The molecule has 0 bridgehead atoms. The van der Waals surface area contributed by atoms with Gasteiger partial charge < -0.3 is 7.77 Å². The molecule has 0 unspecified atom stereocenters. The first-order chi connectivity index (χ1) is 13.8. The Balaban J connectivity index is 1.84. The minimum Gasteiger partial charge on any atom is -0.415 e. The molecule has 28 heavy (non-hydrogen) atoms. The van der Waals surface area contributed by atoms with E-state index in [1.54, 1.807) is 0 Å². The number of anilines is 4. The van der Waals surface area contributed by atoms with E-state index in [9.17, 15) is 0 Å². The number of rotatable bonds is 6. The summed E-state index contributed by atoms with van der Waals surface area (Å²) in [6.07, 6.45) is 0. The van der Waals surface area contributed by atoms with Gasteiger partial charge in [-0.2, -0.15) is 0 Å². The van der Waals surface area contributed by atoms with Crippen molar-refractivity contribution in [1.82, 2.24) is 0 Å². The van der Waals surface area contributed by atoms with Crippen LogP contribution in [0.25, 0.3) is 0 Å². The minimum absolute atomic E-state index is 1.23. The van der Waals surface area contributed by atoms with Gasteiger partial charge in [0.15, 0.2) is 0 Å². The maximum absolute atomic E-state index is 2.51. The largest absolute Gasteiger partial charge is 0.580 e. The van der Waals surface area contributed by atoms with Crippen LogP contribution in [0.2, 0.25) is 5.79 Å².